The average Bonchev–Trinajstić information content (AvgIpc) is 2.35. The summed E-state index contributed by atoms with van der Waals surface area (Å²) in [6.45, 7) is 3.98. The van der Waals surface area contributed by atoms with E-state index in [1.165, 1.54) is 33.3 Å². The summed E-state index contributed by atoms with van der Waals surface area (Å²) in [5.41, 5.74) is -1.42. The maximum atomic E-state index is 11.3. The van der Waals surface area contributed by atoms with Gasteiger partial charge in [-0.3, -0.25) is 0 Å². The maximum Gasteiger partial charge on any atom is 0.338 e. The van der Waals surface area contributed by atoms with Crippen LogP contribution in [0.25, 0.3) is 0 Å². The molecule has 2 N–H and O–H groups in total. The van der Waals surface area contributed by atoms with Crippen LogP contribution in [-0.2, 0) is 9.53 Å². The second kappa shape index (κ2) is 6.36. The lowest BCUT2D eigenvalue weighted by molar-refractivity contribution is -0.160. The van der Waals surface area contributed by atoms with Crippen molar-refractivity contribution in [3.05, 3.63) is 0 Å². The zero-order chi connectivity index (χ0) is 12.9. The van der Waals surface area contributed by atoms with Crippen LogP contribution in [0.15, 0.2) is 0 Å². The lowest BCUT2D eigenvalue weighted by Gasteiger charge is -2.31. The van der Waals surface area contributed by atoms with Gasteiger partial charge in [-0.25, -0.2) is 4.79 Å². The highest BCUT2D eigenvalue weighted by Gasteiger charge is 2.32. The van der Waals surface area contributed by atoms with Crippen molar-refractivity contribution in [2.75, 3.05) is 13.7 Å². The van der Waals surface area contributed by atoms with Crippen LogP contribution >= 0.6 is 0 Å². The average molecular weight is 243 g/mol. The maximum absolute atomic E-state index is 11.3. The number of aliphatic hydroxyl groups is 1. The molecular weight excluding hydrogens is 218 g/mol. The van der Waals surface area contributed by atoms with E-state index in [0.29, 0.717) is 6.04 Å². The Morgan fingerprint density at radius 2 is 2.24 bits per heavy atom. The Labute approximate surface area is 104 Å². The van der Waals surface area contributed by atoms with Crippen molar-refractivity contribution >= 4 is 5.97 Å². The standard InChI is InChI=1S/C13H25NO3/c1-4-10-6-5-7-11(8-10)14-9-13(2,16)12(15)17-3/h10-11,14,16H,4-9H2,1-3H3. The van der Waals surface area contributed by atoms with Crippen molar-refractivity contribution in [2.24, 2.45) is 5.92 Å². The second-order valence-electron chi connectivity index (χ2n) is 5.28. The molecule has 17 heavy (non-hydrogen) atoms. The first-order chi connectivity index (χ1) is 7.99. The fraction of sp³-hybridized carbons (Fsp3) is 0.923. The van der Waals surface area contributed by atoms with E-state index in [2.05, 4.69) is 17.0 Å². The van der Waals surface area contributed by atoms with Gasteiger partial charge in [-0.15, -0.1) is 0 Å². The Bertz CT molecular complexity index is 253. The predicted molar refractivity (Wildman–Crippen MR) is 66.7 cm³/mol. The Balaban J connectivity index is 2.37. The van der Waals surface area contributed by atoms with Crippen molar-refractivity contribution in [3.63, 3.8) is 0 Å². The predicted octanol–water partition coefficient (Wildman–Crippen LogP) is 1.47. The summed E-state index contributed by atoms with van der Waals surface area (Å²) in [7, 11) is 1.30. The number of carbonyl (C=O) groups excluding carboxylic acids is 1. The van der Waals surface area contributed by atoms with E-state index in [1.54, 1.807) is 0 Å². The van der Waals surface area contributed by atoms with Gasteiger partial charge in [0.15, 0.2) is 5.60 Å². The number of hydrogen-bond acceptors (Lipinski definition) is 4. The molecule has 0 aliphatic heterocycles. The number of ether oxygens (including phenoxy) is 1. The first-order valence-corrected chi connectivity index (χ1v) is 6.53. The van der Waals surface area contributed by atoms with E-state index < -0.39 is 11.6 Å². The van der Waals surface area contributed by atoms with Gasteiger partial charge in [0.1, 0.15) is 0 Å². The molecule has 3 atom stereocenters. The molecule has 1 fully saturated rings. The molecule has 0 aromatic heterocycles. The van der Waals surface area contributed by atoms with Crippen molar-refractivity contribution < 1.29 is 14.6 Å². The van der Waals surface area contributed by atoms with Gasteiger partial charge in [0.25, 0.3) is 0 Å². The Morgan fingerprint density at radius 1 is 1.53 bits per heavy atom. The fourth-order valence-electron chi connectivity index (χ4n) is 2.48. The molecule has 1 aliphatic rings. The number of carbonyl (C=O) groups is 1. The van der Waals surface area contributed by atoms with Crippen LogP contribution in [-0.4, -0.2) is 36.4 Å². The molecule has 0 spiro atoms. The minimum absolute atomic E-state index is 0.265. The van der Waals surface area contributed by atoms with Gasteiger partial charge >= 0.3 is 5.97 Å². The highest BCUT2D eigenvalue weighted by atomic mass is 16.5. The first-order valence-electron chi connectivity index (χ1n) is 6.53. The molecule has 4 nitrogen and oxygen atoms in total. The zero-order valence-electron chi connectivity index (χ0n) is 11.2. The van der Waals surface area contributed by atoms with Gasteiger partial charge in [0.2, 0.25) is 0 Å². The van der Waals surface area contributed by atoms with E-state index >= 15 is 0 Å². The van der Waals surface area contributed by atoms with Crippen LogP contribution in [0.3, 0.4) is 0 Å². The summed E-state index contributed by atoms with van der Waals surface area (Å²) in [6, 6.07) is 0.421. The number of nitrogens with one attached hydrogen (secondary N) is 1. The van der Waals surface area contributed by atoms with Crippen LogP contribution in [0, 0.1) is 5.92 Å². The molecule has 3 unspecified atom stereocenters. The number of methoxy groups -OCH3 is 1. The molecule has 0 aromatic carbocycles. The van der Waals surface area contributed by atoms with E-state index in [0.717, 1.165) is 18.8 Å². The summed E-state index contributed by atoms with van der Waals surface area (Å²) in [6.07, 6.45) is 6.03. The monoisotopic (exact) mass is 243 g/mol. The third-order valence-corrected chi connectivity index (χ3v) is 3.72. The fourth-order valence-corrected chi connectivity index (χ4v) is 2.48. The van der Waals surface area contributed by atoms with Gasteiger partial charge in [0.05, 0.1) is 7.11 Å². The molecule has 0 heterocycles. The molecule has 0 amide bonds. The van der Waals surface area contributed by atoms with Crippen molar-refractivity contribution in [1.82, 2.24) is 5.32 Å². The summed E-state index contributed by atoms with van der Waals surface area (Å²) >= 11 is 0. The minimum atomic E-state index is -1.42. The van der Waals surface area contributed by atoms with E-state index in [4.69, 9.17) is 0 Å². The molecule has 1 rings (SSSR count). The van der Waals surface area contributed by atoms with Gasteiger partial charge < -0.3 is 15.2 Å². The smallest absolute Gasteiger partial charge is 0.338 e. The van der Waals surface area contributed by atoms with E-state index in [9.17, 15) is 9.90 Å². The van der Waals surface area contributed by atoms with Crippen LogP contribution in [0.2, 0.25) is 0 Å². The van der Waals surface area contributed by atoms with Crippen LogP contribution in [0.5, 0.6) is 0 Å². The normalized spacial score (nSPS) is 28.5. The summed E-state index contributed by atoms with van der Waals surface area (Å²) in [5, 5.41) is 13.2. The second-order valence-corrected chi connectivity index (χ2v) is 5.28. The molecule has 1 saturated carbocycles. The zero-order valence-corrected chi connectivity index (χ0v) is 11.2. The Morgan fingerprint density at radius 3 is 2.82 bits per heavy atom. The largest absolute Gasteiger partial charge is 0.467 e. The summed E-state index contributed by atoms with van der Waals surface area (Å²) in [5.74, 6) is 0.206. The number of hydrogen-bond donors (Lipinski definition) is 2. The SMILES string of the molecule is CCC1CCCC(NCC(C)(O)C(=O)OC)C1. The molecular formula is C13H25NO3. The van der Waals surface area contributed by atoms with Crippen LogP contribution < -0.4 is 5.32 Å². The lowest BCUT2D eigenvalue weighted by Crippen LogP contribution is -2.49. The quantitative estimate of drug-likeness (QED) is 0.718. The van der Waals surface area contributed by atoms with Gasteiger partial charge in [-0.2, -0.15) is 0 Å². The summed E-state index contributed by atoms with van der Waals surface area (Å²) in [4.78, 5) is 11.3. The molecule has 0 bridgehead atoms. The third-order valence-electron chi connectivity index (χ3n) is 3.72. The third kappa shape index (κ3) is 4.28. The highest BCUT2D eigenvalue weighted by molar-refractivity contribution is 5.78. The molecule has 0 saturated heterocycles. The van der Waals surface area contributed by atoms with Crippen LogP contribution in [0.1, 0.15) is 46.0 Å². The molecule has 4 heteroatoms. The number of esters is 1. The molecule has 0 radical (unpaired) electrons. The molecule has 100 valence electrons. The molecule has 0 aromatic rings. The Hall–Kier alpha value is -0.610. The first kappa shape index (κ1) is 14.5. The van der Waals surface area contributed by atoms with Gasteiger partial charge in [-0.05, 0) is 25.7 Å². The Kier molecular flexibility index (Phi) is 5.40. The van der Waals surface area contributed by atoms with E-state index in [-0.39, 0.29) is 6.54 Å². The van der Waals surface area contributed by atoms with E-state index in [1.807, 2.05) is 0 Å². The van der Waals surface area contributed by atoms with Crippen molar-refractivity contribution in [3.8, 4) is 0 Å². The lowest BCUT2D eigenvalue weighted by atomic mass is 9.84. The number of rotatable bonds is 5. The highest BCUT2D eigenvalue weighted by Crippen LogP contribution is 2.26. The molecule has 1 aliphatic carbocycles. The minimum Gasteiger partial charge on any atom is -0.467 e. The van der Waals surface area contributed by atoms with Gasteiger partial charge in [0, 0.05) is 12.6 Å². The summed E-state index contributed by atoms with van der Waals surface area (Å²) < 4.78 is 4.57. The van der Waals surface area contributed by atoms with Crippen molar-refractivity contribution in [2.45, 2.75) is 57.6 Å². The van der Waals surface area contributed by atoms with Crippen LogP contribution in [0.4, 0.5) is 0 Å². The van der Waals surface area contributed by atoms with Gasteiger partial charge in [-0.1, -0.05) is 26.2 Å². The topological polar surface area (TPSA) is 58.6 Å². The van der Waals surface area contributed by atoms with Crippen molar-refractivity contribution in [1.29, 1.82) is 0 Å².